The zero-order chi connectivity index (χ0) is 21.5. The molecule has 0 spiro atoms. The Balaban J connectivity index is 1.46. The molecule has 2 aromatic heterocycles. The van der Waals surface area contributed by atoms with Crippen LogP contribution in [0.5, 0.6) is 0 Å². The first-order chi connectivity index (χ1) is 15.0. The summed E-state index contributed by atoms with van der Waals surface area (Å²) in [7, 11) is 0. The maximum atomic E-state index is 13.0. The first kappa shape index (κ1) is 20.2. The summed E-state index contributed by atoms with van der Waals surface area (Å²) in [6.45, 7) is 2.01. The fourth-order valence-electron chi connectivity index (χ4n) is 4.27. The number of nitrogens with zero attached hydrogens (tertiary/aromatic N) is 1. The highest BCUT2D eigenvalue weighted by Gasteiger charge is 2.24. The van der Waals surface area contributed by atoms with E-state index in [1.165, 1.54) is 22.5 Å². The van der Waals surface area contributed by atoms with Crippen molar-refractivity contribution in [3.63, 3.8) is 0 Å². The van der Waals surface area contributed by atoms with Crippen LogP contribution in [0.25, 0.3) is 10.2 Å². The van der Waals surface area contributed by atoms with E-state index in [9.17, 15) is 4.79 Å². The minimum atomic E-state index is -0.204. The number of aromatic nitrogens is 1. The molecule has 0 saturated carbocycles. The third-order valence-corrected chi connectivity index (χ3v) is 7.71. The number of nitrogens with one attached hydrogen (secondary N) is 1. The molecule has 0 aliphatic heterocycles. The van der Waals surface area contributed by atoms with Gasteiger partial charge in [-0.05, 0) is 82.9 Å². The van der Waals surface area contributed by atoms with Gasteiger partial charge in [-0.2, -0.15) is 0 Å². The van der Waals surface area contributed by atoms with Gasteiger partial charge in [-0.1, -0.05) is 36.4 Å². The number of nitrogen functional groups attached to an aromatic ring is 1. The molecule has 5 rings (SSSR count). The second kappa shape index (κ2) is 8.09. The fourth-order valence-corrected chi connectivity index (χ4v) is 5.85. The number of thiophene rings is 1. The molecule has 4 aromatic rings. The maximum absolute atomic E-state index is 13.0. The van der Waals surface area contributed by atoms with E-state index in [1.54, 1.807) is 0 Å². The van der Waals surface area contributed by atoms with E-state index in [0.29, 0.717) is 16.5 Å². The summed E-state index contributed by atoms with van der Waals surface area (Å²) in [6, 6.07) is 18.6. The van der Waals surface area contributed by atoms with Crippen molar-refractivity contribution in [2.45, 2.75) is 32.1 Å². The normalized spacial score (nSPS) is 15.6. The van der Waals surface area contributed by atoms with Crippen molar-refractivity contribution < 1.29 is 4.79 Å². The first-order valence-electron chi connectivity index (χ1n) is 10.3. The van der Waals surface area contributed by atoms with Crippen molar-refractivity contribution in [2.24, 2.45) is 0 Å². The molecule has 1 aliphatic carbocycles. The summed E-state index contributed by atoms with van der Waals surface area (Å²) >= 11 is 4.88. The number of pyridine rings is 1. The van der Waals surface area contributed by atoms with Crippen molar-refractivity contribution in [3.05, 3.63) is 86.3 Å². The van der Waals surface area contributed by atoms with Crippen molar-refractivity contribution in [1.29, 1.82) is 0 Å². The van der Waals surface area contributed by atoms with Crippen molar-refractivity contribution >= 4 is 54.8 Å². The molecule has 0 saturated heterocycles. The minimum absolute atomic E-state index is 0.204. The van der Waals surface area contributed by atoms with Gasteiger partial charge < -0.3 is 11.1 Å². The van der Waals surface area contributed by atoms with Gasteiger partial charge in [0.25, 0.3) is 5.91 Å². The van der Waals surface area contributed by atoms with Crippen LogP contribution < -0.4 is 11.1 Å². The molecular weight excluding hydrogens is 470 g/mol. The largest absolute Gasteiger partial charge is 0.397 e. The Kier molecular flexibility index (Phi) is 5.28. The molecule has 0 fully saturated rings. The van der Waals surface area contributed by atoms with Crippen LogP contribution in [-0.2, 0) is 12.8 Å². The Morgan fingerprint density at radius 3 is 2.77 bits per heavy atom. The number of carbonyl (C=O) groups excluding carboxylic acids is 1. The van der Waals surface area contributed by atoms with Gasteiger partial charge in [0.05, 0.1) is 11.4 Å². The first-order valence-corrected chi connectivity index (χ1v) is 11.9. The summed E-state index contributed by atoms with van der Waals surface area (Å²) in [5.74, 6) is 0.291. The van der Waals surface area contributed by atoms with Crippen LogP contribution in [-0.4, -0.2) is 10.9 Å². The van der Waals surface area contributed by atoms with Gasteiger partial charge in [-0.25, -0.2) is 4.98 Å². The summed E-state index contributed by atoms with van der Waals surface area (Å²) < 4.78 is 0.848. The second-order valence-corrected chi connectivity index (χ2v) is 9.93. The lowest BCUT2D eigenvalue weighted by molar-refractivity contribution is 0.103. The van der Waals surface area contributed by atoms with Crippen molar-refractivity contribution in [1.82, 2.24) is 4.98 Å². The fraction of sp³-hybridized carbons (Fsp3) is 0.200. The lowest BCUT2D eigenvalue weighted by Gasteiger charge is -2.24. The molecule has 1 amide bonds. The zero-order valence-electron chi connectivity index (χ0n) is 17.1. The number of aryl methyl sites for hydroxylation is 2. The topological polar surface area (TPSA) is 68.0 Å². The Morgan fingerprint density at radius 1 is 1.19 bits per heavy atom. The zero-order valence-corrected chi connectivity index (χ0v) is 19.5. The van der Waals surface area contributed by atoms with Gasteiger partial charge in [0.15, 0.2) is 0 Å². The molecule has 6 heteroatoms. The number of carbonyl (C=O) groups is 1. The van der Waals surface area contributed by atoms with E-state index in [-0.39, 0.29) is 5.91 Å². The molecule has 1 aliphatic rings. The number of halogens is 1. The molecule has 3 N–H and O–H groups in total. The van der Waals surface area contributed by atoms with Crippen LogP contribution >= 0.6 is 27.3 Å². The van der Waals surface area contributed by atoms with Gasteiger partial charge in [0.2, 0.25) is 0 Å². The molecule has 31 heavy (non-hydrogen) atoms. The average Bonchev–Trinajstić information content (AvgIpc) is 3.10. The lowest BCUT2D eigenvalue weighted by Crippen LogP contribution is -2.14. The number of benzene rings is 2. The Bertz CT molecular complexity index is 1300. The molecule has 0 radical (unpaired) electrons. The Morgan fingerprint density at radius 2 is 2.00 bits per heavy atom. The molecule has 1 unspecified atom stereocenters. The van der Waals surface area contributed by atoms with Gasteiger partial charge >= 0.3 is 0 Å². The van der Waals surface area contributed by atoms with Crippen LogP contribution in [0.15, 0.2) is 59.1 Å². The van der Waals surface area contributed by atoms with Crippen LogP contribution in [0.3, 0.4) is 0 Å². The van der Waals surface area contributed by atoms with Crippen LogP contribution in [0.2, 0.25) is 0 Å². The molecule has 156 valence electrons. The molecule has 1 atom stereocenters. The maximum Gasteiger partial charge on any atom is 0.267 e. The van der Waals surface area contributed by atoms with Crippen LogP contribution in [0, 0.1) is 6.92 Å². The Labute approximate surface area is 193 Å². The van der Waals surface area contributed by atoms with E-state index >= 15 is 0 Å². The molecule has 4 nitrogen and oxygen atoms in total. The molecule has 0 bridgehead atoms. The highest BCUT2D eigenvalue weighted by molar-refractivity contribution is 9.10. The lowest BCUT2D eigenvalue weighted by atomic mass is 9.82. The highest BCUT2D eigenvalue weighted by atomic mass is 79.9. The van der Waals surface area contributed by atoms with Gasteiger partial charge in [-0.15, -0.1) is 11.3 Å². The van der Waals surface area contributed by atoms with E-state index in [0.717, 1.165) is 50.9 Å². The highest BCUT2D eigenvalue weighted by Crippen LogP contribution is 2.38. The quantitative estimate of drug-likeness (QED) is 0.344. The number of rotatable bonds is 3. The van der Waals surface area contributed by atoms with Crippen LogP contribution in [0.1, 0.15) is 44.4 Å². The predicted molar refractivity (Wildman–Crippen MR) is 132 cm³/mol. The second-order valence-electron chi connectivity index (χ2n) is 8.08. The number of amides is 1. The SMILES string of the molecule is Cc1ccc(NC(=O)c2sc3nc4c(cc3c2N)CC(c2ccccc2)CC4)c(Br)c1. The van der Waals surface area contributed by atoms with E-state index in [4.69, 9.17) is 10.7 Å². The summed E-state index contributed by atoms with van der Waals surface area (Å²) in [5, 5.41) is 3.85. The summed E-state index contributed by atoms with van der Waals surface area (Å²) in [5.41, 5.74) is 12.5. The van der Waals surface area contributed by atoms with Gasteiger partial charge in [0.1, 0.15) is 9.71 Å². The predicted octanol–water partition coefficient (Wildman–Crippen LogP) is 6.47. The van der Waals surface area contributed by atoms with Gasteiger partial charge in [-0.3, -0.25) is 4.79 Å². The average molecular weight is 492 g/mol. The van der Waals surface area contributed by atoms with Crippen molar-refractivity contribution in [3.8, 4) is 0 Å². The molecular formula is C25H22BrN3OS. The minimum Gasteiger partial charge on any atom is -0.397 e. The van der Waals surface area contributed by atoms with Crippen LogP contribution in [0.4, 0.5) is 11.4 Å². The number of fused-ring (bicyclic) bond motifs is 2. The number of hydrogen-bond donors (Lipinski definition) is 2. The van der Waals surface area contributed by atoms with E-state index in [1.807, 2.05) is 25.1 Å². The number of hydrogen-bond acceptors (Lipinski definition) is 4. The van der Waals surface area contributed by atoms with Gasteiger partial charge in [0, 0.05) is 15.6 Å². The molecule has 2 heterocycles. The summed E-state index contributed by atoms with van der Waals surface area (Å²) in [4.78, 5) is 19.2. The van der Waals surface area contributed by atoms with E-state index < -0.39 is 0 Å². The standard InChI is InChI=1S/C25H22BrN3OS/c1-14-7-9-21(19(26)11-14)28-24(30)23-22(27)18-13-17-12-16(15-5-3-2-4-6-15)8-10-20(17)29-25(18)31-23/h2-7,9,11,13,16H,8,10,12,27H2,1H3,(H,28,30). The van der Waals surface area contributed by atoms with Crippen molar-refractivity contribution in [2.75, 3.05) is 11.1 Å². The third-order valence-electron chi connectivity index (χ3n) is 5.94. The van der Waals surface area contributed by atoms with E-state index in [2.05, 4.69) is 57.6 Å². The molecule has 2 aromatic carbocycles. The third kappa shape index (κ3) is 3.86. The number of anilines is 2. The summed E-state index contributed by atoms with van der Waals surface area (Å²) in [6.07, 6.45) is 2.99. The smallest absolute Gasteiger partial charge is 0.267 e. The monoisotopic (exact) mass is 491 g/mol. The Hall–Kier alpha value is -2.70. The number of nitrogens with two attached hydrogens (primary N) is 1.